The van der Waals surface area contributed by atoms with Gasteiger partial charge in [-0.05, 0) is 31.0 Å². The molecule has 2 aromatic rings. The van der Waals surface area contributed by atoms with Crippen molar-refractivity contribution < 1.29 is 14.7 Å². The third-order valence-corrected chi connectivity index (χ3v) is 3.60. The zero-order chi connectivity index (χ0) is 17.1. The van der Waals surface area contributed by atoms with Crippen LogP contribution in [-0.4, -0.2) is 32.8 Å². The minimum absolute atomic E-state index is 0.0114. The number of carbonyl (C=O) groups is 2. The Morgan fingerprint density at radius 3 is 2.57 bits per heavy atom. The predicted octanol–water partition coefficient (Wildman–Crippen LogP) is 2.85. The highest BCUT2D eigenvalue weighted by Crippen LogP contribution is 2.24. The number of amides is 1. The molecule has 0 aliphatic rings. The van der Waals surface area contributed by atoms with Crippen LogP contribution < -0.4 is 5.32 Å². The van der Waals surface area contributed by atoms with E-state index in [1.807, 2.05) is 19.9 Å². The largest absolute Gasteiger partial charge is 0.480 e. The number of hydrogen-bond donors (Lipinski definition) is 2. The first-order chi connectivity index (χ1) is 10.8. The molecule has 0 radical (unpaired) electrons. The number of halogens is 1. The van der Waals surface area contributed by atoms with Crippen molar-refractivity contribution in [1.82, 2.24) is 15.1 Å². The van der Waals surface area contributed by atoms with Crippen LogP contribution in [0.3, 0.4) is 0 Å². The highest BCUT2D eigenvalue weighted by atomic mass is 35.5. The summed E-state index contributed by atoms with van der Waals surface area (Å²) in [6.07, 6.45) is 1.44. The minimum Gasteiger partial charge on any atom is -0.480 e. The second-order valence-corrected chi connectivity index (χ2v) is 5.96. The van der Waals surface area contributed by atoms with Gasteiger partial charge < -0.3 is 10.4 Å². The average Bonchev–Trinajstić information content (AvgIpc) is 2.92. The van der Waals surface area contributed by atoms with Crippen LogP contribution in [0.5, 0.6) is 0 Å². The number of rotatable bonds is 5. The molecule has 2 rings (SSSR count). The van der Waals surface area contributed by atoms with Gasteiger partial charge in [-0.3, -0.25) is 9.59 Å². The summed E-state index contributed by atoms with van der Waals surface area (Å²) >= 11 is 6.01. The quantitative estimate of drug-likeness (QED) is 0.880. The number of carbonyl (C=O) groups excluding carboxylic acids is 1. The fraction of sp³-hybridized carbons (Fsp3) is 0.312. The van der Waals surface area contributed by atoms with Gasteiger partial charge >= 0.3 is 5.97 Å². The van der Waals surface area contributed by atoms with Crippen molar-refractivity contribution in [1.29, 1.82) is 0 Å². The Bertz CT molecular complexity index is 740. The Balaban J connectivity index is 2.43. The molecule has 0 saturated heterocycles. The van der Waals surface area contributed by atoms with E-state index in [4.69, 9.17) is 16.7 Å². The number of nitrogens with one attached hydrogen (secondary N) is 1. The predicted molar refractivity (Wildman–Crippen MR) is 87.2 cm³/mol. The van der Waals surface area contributed by atoms with Gasteiger partial charge in [0.15, 0.2) is 0 Å². The number of aliphatic carboxylic acids is 1. The third kappa shape index (κ3) is 3.71. The molecule has 0 bridgehead atoms. The molecule has 0 aliphatic heterocycles. The first-order valence-corrected chi connectivity index (χ1v) is 7.56. The topological polar surface area (TPSA) is 84.2 Å². The summed E-state index contributed by atoms with van der Waals surface area (Å²) in [7, 11) is 0. The van der Waals surface area contributed by atoms with Gasteiger partial charge in [-0.25, -0.2) is 4.68 Å². The highest BCUT2D eigenvalue weighted by molar-refractivity contribution is 6.30. The zero-order valence-corrected chi connectivity index (χ0v) is 13.8. The molecule has 0 aliphatic carbocycles. The van der Waals surface area contributed by atoms with Gasteiger partial charge in [-0.1, -0.05) is 31.5 Å². The van der Waals surface area contributed by atoms with E-state index < -0.39 is 17.9 Å². The minimum atomic E-state index is -1.09. The monoisotopic (exact) mass is 335 g/mol. The lowest BCUT2D eigenvalue weighted by molar-refractivity contribution is -0.138. The van der Waals surface area contributed by atoms with Crippen molar-refractivity contribution >= 4 is 23.5 Å². The number of carboxylic acids is 1. The summed E-state index contributed by atoms with van der Waals surface area (Å²) in [4.78, 5) is 23.2. The van der Waals surface area contributed by atoms with E-state index in [1.165, 1.54) is 13.1 Å². The van der Waals surface area contributed by atoms with Crippen LogP contribution in [0.4, 0.5) is 0 Å². The summed E-state index contributed by atoms with van der Waals surface area (Å²) in [6.45, 7) is 5.29. The number of nitrogens with zero attached hydrogens (tertiary/aromatic N) is 2. The van der Waals surface area contributed by atoms with Crippen LogP contribution in [0.25, 0.3) is 5.69 Å². The number of aromatic nitrogens is 2. The average molecular weight is 336 g/mol. The van der Waals surface area contributed by atoms with E-state index in [-0.39, 0.29) is 5.92 Å². The van der Waals surface area contributed by atoms with Crippen LogP contribution in [0.2, 0.25) is 5.02 Å². The maximum atomic E-state index is 12.3. The van der Waals surface area contributed by atoms with Crippen molar-refractivity contribution in [3.05, 3.63) is 46.7 Å². The van der Waals surface area contributed by atoms with Crippen LogP contribution in [0.15, 0.2) is 30.5 Å². The van der Waals surface area contributed by atoms with Crippen LogP contribution in [0, 0.1) is 0 Å². The van der Waals surface area contributed by atoms with E-state index >= 15 is 0 Å². The van der Waals surface area contributed by atoms with Gasteiger partial charge in [0, 0.05) is 5.02 Å². The molecule has 1 atom stereocenters. The van der Waals surface area contributed by atoms with Gasteiger partial charge in [-0.2, -0.15) is 5.10 Å². The summed E-state index contributed by atoms with van der Waals surface area (Å²) in [5.74, 6) is -1.54. The molecule has 0 spiro atoms. The summed E-state index contributed by atoms with van der Waals surface area (Å²) in [5.41, 5.74) is 1.79. The van der Waals surface area contributed by atoms with Gasteiger partial charge in [0.25, 0.3) is 5.91 Å². The zero-order valence-electron chi connectivity index (χ0n) is 13.1. The smallest absolute Gasteiger partial charge is 0.325 e. The van der Waals surface area contributed by atoms with Crippen molar-refractivity contribution in [2.75, 3.05) is 0 Å². The molecule has 1 heterocycles. The maximum Gasteiger partial charge on any atom is 0.325 e. The number of hydrogen-bond acceptors (Lipinski definition) is 3. The highest BCUT2D eigenvalue weighted by Gasteiger charge is 2.23. The third-order valence-electron chi connectivity index (χ3n) is 3.37. The Kier molecular flexibility index (Phi) is 5.05. The molecular formula is C16H18ClN3O3. The van der Waals surface area contributed by atoms with Gasteiger partial charge in [0.2, 0.25) is 0 Å². The Morgan fingerprint density at radius 1 is 1.30 bits per heavy atom. The lowest BCUT2D eigenvalue weighted by Crippen LogP contribution is -2.38. The molecule has 6 nitrogen and oxygen atoms in total. The van der Waals surface area contributed by atoms with Crippen LogP contribution in [0.1, 0.15) is 42.7 Å². The number of benzene rings is 1. The molecule has 1 unspecified atom stereocenters. The Hall–Kier alpha value is -2.34. The van der Waals surface area contributed by atoms with E-state index in [2.05, 4.69) is 10.4 Å². The van der Waals surface area contributed by atoms with Crippen molar-refractivity contribution in [3.63, 3.8) is 0 Å². The molecule has 122 valence electrons. The molecule has 1 aromatic carbocycles. The maximum absolute atomic E-state index is 12.3. The van der Waals surface area contributed by atoms with Crippen LogP contribution >= 0.6 is 11.6 Å². The van der Waals surface area contributed by atoms with Gasteiger partial charge in [0.1, 0.15) is 6.04 Å². The van der Waals surface area contributed by atoms with E-state index in [1.54, 1.807) is 22.9 Å². The second kappa shape index (κ2) is 6.83. The van der Waals surface area contributed by atoms with Crippen molar-refractivity contribution in [2.45, 2.75) is 32.7 Å². The second-order valence-electron chi connectivity index (χ2n) is 5.52. The standard InChI is InChI=1S/C16H18ClN3O3/c1-9(2)14-13(15(21)19-10(3)16(22)23)8-18-20(14)12-6-4-5-11(17)7-12/h4-10H,1-3H3,(H,19,21)(H,22,23). The SMILES string of the molecule is CC(NC(=O)c1cnn(-c2cccc(Cl)c2)c1C(C)C)C(=O)O. The Labute approximate surface area is 139 Å². The fourth-order valence-electron chi connectivity index (χ4n) is 2.24. The lowest BCUT2D eigenvalue weighted by atomic mass is 10.0. The molecule has 2 N–H and O–H groups in total. The molecule has 7 heteroatoms. The fourth-order valence-corrected chi connectivity index (χ4v) is 2.42. The van der Waals surface area contributed by atoms with E-state index in [9.17, 15) is 9.59 Å². The van der Waals surface area contributed by atoms with Gasteiger partial charge in [0.05, 0.1) is 23.1 Å². The van der Waals surface area contributed by atoms with E-state index in [0.717, 1.165) is 5.69 Å². The van der Waals surface area contributed by atoms with Gasteiger partial charge in [-0.15, -0.1) is 0 Å². The number of carboxylic acid groups (broad SMARTS) is 1. The van der Waals surface area contributed by atoms with Crippen molar-refractivity contribution in [3.8, 4) is 5.69 Å². The molecule has 1 aromatic heterocycles. The molecule has 1 amide bonds. The van der Waals surface area contributed by atoms with E-state index in [0.29, 0.717) is 16.3 Å². The van der Waals surface area contributed by atoms with Crippen molar-refractivity contribution in [2.24, 2.45) is 0 Å². The summed E-state index contributed by atoms with van der Waals surface area (Å²) < 4.78 is 1.65. The summed E-state index contributed by atoms with van der Waals surface area (Å²) in [6, 6.07) is 6.17. The molecule has 0 saturated carbocycles. The first kappa shape index (κ1) is 17.0. The lowest BCUT2D eigenvalue weighted by Gasteiger charge is -2.14. The Morgan fingerprint density at radius 2 is 2.00 bits per heavy atom. The summed E-state index contributed by atoms with van der Waals surface area (Å²) in [5, 5.41) is 16.2. The molecule has 0 fully saturated rings. The molecular weight excluding hydrogens is 318 g/mol. The normalized spacial score (nSPS) is 12.2. The molecule has 23 heavy (non-hydrogen) atoms. The van der Waals surface area contributed by atoms with Crippen LogP contribution in [-0.2, 0) is 4.79 Å². The first-order valence-electron chi connectivity index (χ1n) is 7.18.